The Labute approximate surface area is 181 Å². The molecule has 1 aliphatic rings. The van der Waals surface area contributed by atoms with Crippen LogP contribution in [0.3, 0.4) is 0 Å². The van der Waals surface area contributed by atoms with Crippen LogP contribution in [0.4, 0.5) is 5.69 Å². The summed E-state index contributed by atoms with van der Waals surface area (Å²) in [5.41, 5.74) is 1.88. The Morgan fingerprint density at radius 3 is 2.40 bits per heavy atom. The highest BCUT2D eigenvalue weighted by molar-refractivity contribution is 6.10. The van der Waals surface area contributed by atoms with Gasteiger partial charge in [0, 0.05) is 56.4 Å². The van der Waals surface area contributed by atoms with E-state index in [9.17, 15) is 4.79 Å². The molecule has 0 heterocycles. The highest BCUT2D eigenvalue weighted by Gasteiger charge is 2.13. The van der Waals surface area contributed by atoms with Crippen molar-refractivity contribution in [3.63, 3.8) is 0 Å². The monoisotopic (exact) mass is 410 g/mol. The van der Waals surface area contributed by atoms with Crippen molar-refractivity contribution in [1.82, 2.24) is 16.0 Å². The Kier molecular flexibility index (Phi) is 8.97. The van der Waals surface area contributed by atoms with Gasteiger partial charge in [0.05, 0.1) is 0 Å². The van der Waals surface area contributed by atoms with E-state index in [4.69, 9.17) is 0 Å². The van der Waals surface area contributed by atoms with Crippen LogP contribution in [-0.2, 0) is 0 Å². The Balaban J connectivity index is 1.34. The number of carbonyl (C=O) groups is 1. The number of amides is 1. The van der Waals surface area contributed by atoms with Gasteiger partial charge in [-0.05, 0) is 49.7 Å². The topological polar surface area (TPSA) is 56.4 Å². The molecule has 0 aliphatic heterocycles. The normalized spacial score (nSPS) is 14.7. The number of nitrogens with one attached hydrogen (secondary N) is 3. The summed E-state index contributed by atoms with van der Waals surface area (Å²) in [7, 11) is 4.06. The Bertz CT molecular complexity index is 799. The first kappa shape index (κ1) is 22.6. The zero-order chi connectivity index (χ0) is 21.2. The molecule has 164 valence electrons. The van der Waals surface area contributed by atoms with Crippen LogP contribution in [0, 0.1) is 0 Å². The molecule has 0 saturated heterocycles. The van der Waals surface area contributed by atoms with E-state index in [1.165, 1.54) is 32.1 Å². The summed E-state index contributed by atoms with van der Waals surface area (Å²) in [6, 6.07) is 12.8. The van der Waals surface area contributed by atoms with E-state index in [0.717, 1.165) is 60.5 Å². The molecule has 1 fully saturated rings. The summed E-state index contributed by atoms with van der Waals surface area (Å²) in [6.45, 7) is 3.79. The molecular formula is C25H38N4O. The maximum atomic E-state index is 12.7. The van der Waals surface area contributed by atoms with E-state index in [0.29, 0.717) is 6.54 Å². The number of hydrogen-bond donors (Lipinski definition) is 3. The number of carbonyl (C=O) groups excluding carboxylic acids is 1. The third-order valence-corrected chi connectivity index (χ3v) is 6.03. The minimum atomic E-state index is 0.0150. The van der Waals surface area contributed by atoms with Gasteiger partial charge in [0.2, 0.25) is 0 Å². The highest BCUT2D eigenvalue weighted by Crippen LogP contribution is 2.28. The quantitative estimate of drug-likeness (QED) is 0.491. The molecule has 0 spiro atoms. The van der Waals surface area contributed by atoms with Crippen LogP contribution in [0.2, 0.25) is 0 Å². The van der Waals surface area contributed by atoms with Crippen LogP contribution >= 0.6 is 0 Å². The summed E-state index contributed by atoms with van der Waals surface area (Å²) in [4.78, 5) is 14.8. The number of hydrogen-bond acceptors (Lipinski definition) is 4. The number of unbranched alkanes of at least 4 members (excludes halogenated alkanes) is 1. The fraction of sp³-hybridized carbons (Fsp3) is 0.560. The van der Waals surface area contributed by atoms with Gasteiger partial charge in [-0.3, -0.25) is 4.79 Å². The molecule has 3 N–H and O–H groups in total. The van der Waals surface area contributed by atoms with Gasteiger partial charge in [0.15, 0.2) is 0 Å². The maximum Gasteiger partial charge on any atom is 0.251 e. The van der Waals surface area contributed by atoms with Gasteiger partial charge in [-0.1, -0.05) is 43.5 Å². The third-order valence-electron chi connectivity index (χ3n) is 6.03. The fourth-order valence-corrected chi connectivity index (χ4v) is 4.34. The Morgan fingerprint density at radius 2 is 1.63 bits per heavy atom. The largest absolute Gasteiger partial charge is 0.377 e. The third kappa shape index (κ3) is 6.44. The van der Waals surface area contributed by atoms with Gasteiger partial charge in [-0.25, -0.2) is 0 Å². The molecule has 0 unspecified atom stereocenters. The molecule has 30 heavy (non-hydrogen) atoms. The van der Waals surface area contributed by atoms with E-state index in [1.54, 1.807) is 0 Å². The van der Waals surface area contributed by atoms with Crippen molar-refractivity contribution >= 4 is 22.4 Å². The smallest absolute Gasteiger partial charge is 0.251 e. The predicted molar refractivity (Wildman–Crippen MR) is 128 cm³/mol. The molecule has 0 atom stereocenters. The number of rotatable bonds is 11. The van der Waals surface area contributed by atoms with Gasteiger partial charge >= 0.3 is 0 Å². The van der Waals surface area contributed by atoms with Gasteiger partial charge in [0.1, 0.15) is 0 Å². The lowest BCUT2D eigenvalue weighted by molar-refractivity contribution is 0.0954. The lowest BCUT2D eigenvalue weighted by atomic mass is 9.95. The van der Waals surface area contributed by atoms with Gasteiger partial charge in [-0.2, -0.15) is 0 Å². The SMILES string of the molecule is CN(C)c1ccc(C(=O)NCCCCNCCNC2CCCCC2)c2ccccc12. The van der Waals surface area contributed by atoms with Crippen LogP contribution in [0.15, 0.2) is 36.4 Å². The van der Waals surface area contributed by atoms with Crippen LogP contribution in [0.1, 0.15) is 55.3 Å². The van der Waals surface area contributed by atoms with E-state index >= 15 is 0 Å². The van der Waals surface area contributed by atoms with Crippen LogP contribution in [-0.4, -0.2) is 52.2 Å². The molecule has 1 amide bonds. The maximum absolute atomic E-state index is 12.7. The van der Waals surface area contributed by atoms with Crippen molar-refractivity contribution in [3.8, 4) is 0 Å². The minimum Gasteiger partial charge on any atom is -0.377 e. The molecule has 0 aromatic heterocycles. The minimum absolute atomic E-state index is 0.0150. The van der Waals surface area contributed by atoms with Crippen LogP contribution in [0.25, 0.3) is 10.8 Å². The first-order chi connectivity index (χ1) is 14.7. The van der Waals surface area contributed by atoms with Crippen molar-refractivity contribution in [2.45, 2.75) is 51.0 Å². The standard InChI is InChI=1S/C25H38N4O/c1-29(2)24-15-14-23(21-12-6-7-13-22(21)24)25(30)28-17-9-8-16-26-18-19-27-20-10-4-3-5-11-20/h6-7,12-15,20,26-27H,3-5,8-11,16-19H2,1-2H3,(H,28,30). The highest BCUT2D eigenvalue weighted by atomic mass is 16.1. The molecule has 0 radical (unpaired) electrons. The van der Waals surface area contributed by atoms with Crippen LogP contribution in [0.5, 0.6) is 0 Å². The zero-order valence-electron chi connectivity index (χ0n) is 18.7. The lowest BCUT2D eigenvalue weighted by Crippen LogP contribution is -2.36. The summed E-state index contributed by atoms with van der Waals surface area (Å²) < 4.78 is 0. The van der Waals surface area contributed by atoms with Crippen molar-refractivity contribution < 1.29 is 4.79 Å². The second-order valence-corrected chi connectivity index (χ2v) is 8.57. The lowest BCUT2D eigenvalue weighted by Gasteiger charge is -2.22. The fourth-order valence-electron chi connectivity index (χ4n) is 4.34. The number of nitrogens with zero attached hydrogens (tertiary/aromatic N) is 1. The van der Waals surface area contributed by atoms with Crippen molar-refractivity contribution in [1.29, 1.82) is 0 Å². The second kappa shape index (κ2) is 11.9. The van der Waals surface area contributed by atoms with Gasteiger partial charge < -0.3 is 20.9 Å². The number of fused-ring (bicyclic) bond motifs is 1. The molecule has 1 aliphatic carbocycles. The van der Waals surface area contributed by atoms with Gasteiger partial charge in [0.25, 0.3) is 5.91 Å². The van der Waals surface area contributed by atoms with Crippen molar-refractivity contribution in [3.05, 3.63) is 42.0 Å². The Morgan fingerprint density at radius 1 is 0.900 bits per heavy atom. The van der Waals surface area contributed by atoms with E-state index in [-0.39, 0.29) is 5.91 Å². The summed E-state index contributed by atoms with van der Waals surface area (Å²) in [5.74, 6) is 0.0150. The average Bonchev–Trinajstić information content (AvgIpc) is 2.77. The Hall–Kier alpha value is -2.11. The molecule has 0 bridgehead atoms. The van der Waals surface area contributed by atoms with Crippen LogP contribution < -0.4 is 20.9 Å². The molecular weight excluding hydrogens is 372 g/mol. The van der Waals surface area contributed by atoms with E-state index in [2.05, 4.69) is 26.9 Å². The molecule has 2 aromatic rings. The van der Waals surface area contributed by atoms with Gasteiger partial charge in [-0.15, -0.1) is 0 Å². The van der Waals surface area contributed by atoms with E-state index in [1.807, 2.05) is 44.4 Å². The predicted octanol–water partition coefficient (Wildman–Crippen LogP) is 3.93. The summed E-state index contributed by atoms with van der Waals surface area (Å²) >= 11 is 0. The molecule has 5 nitrogen and oxygen atoms in total. The zero-order valence-corrected chi connectivity index (χ0v) is 18.7. The van der Waals surface area contributed by atoms with E-state index < -0.39 is 0 Å². The second-order valence-electron chi connectivity index (χ2n) is 8.57. The average molecular weight is 411 g/mol. The molecule has 2 aromatic carbocycles. The number of benzene rings is 2. The molecule has 1 saturated carbocycles. The molecule has 5 heteroatoms. The van der Waals surface area contributed by atoms with Crippen molar-refractivity contribution in [2.75, 3.05) is 45.2 Å². The summed E-state index contributed by atoms with van der Waals surface area (Å²) in [6.07, 6.45) is 8.91. The molecule has 3 rings (SSSR count). The first-order valence-corrected chi connectivity index (χ1v) is 11.6. The van der Waals surface area contributed by atoms with Crippen molar-refractivity contribution in [2.24, 2.45) is 0 Å². The number of anilines is 1. The summed E-state index contributed by atoms with van der Waals surface area (Å²) in [5, 5.41) is 12.4. The first-order valence-electron chi connectivity index (χ1n) is 11.6.